The van der Waals surface area contributed by atoms with Gasteiger partial charge in [-0.2, -0.15) is 13.9 Å². The van der Waals surface area contributed by atoms with E-state index < -0.39 is 17.6 Å². The largest absolute Gasteiger partial charge is 0.462 e. The number of carbonyl (C=O) groups excluding carboxylic acids is 1. The molecule has 0 aliphatic rings. The predicted molar refractivity (Wildman–Crippen MR) is 48.6 cm³/mol. The fourth-order valence-corrected chi connectivity index (χ4v) is 1.01. The summed E-state index contributed by atoms with van der Waals surface area (Å²) >= 11 is 0. The molecule has 0 bridgehead atoms. The number of nitrogens with zero attached hydrogens (tertiary/aromatic N) is 1. The van der Waals surface area contributed by atoms with Crippen molar-refractivity contribution in [2.45, 2.75) is 12.8 Å². The summed E-state index contributed by atoms with van der Waals surface area (Å²) in [5.41, 5.74) is -0.877. The van der Waals surface area contributed by atoms with Crippen molar-refractivity contribution in [2.24, 2.45) is 0 Å². The Balaban J connectivity index is 3.06. The summed E-state index contributed by atoms with van der Waals surface area (Å²) in [5, 5.41) is 5.45. The van der Waals surface area contributed by atoms with Crippen LogP contribution in [0, 0.1) is 0 Å². The Kier molecular flexibility index (Phi) is 3.18. The number of carbonyl (C=O) groups is 1. The van der Waals surface area contributed by atoms with Crippen molar-refractivity contribution in [3.05, 3.63) is 30.1 Å². The normalized spacial score (nSPS) is 11.1. The van der Waals surface area contributed by atoms with E-state index >= 15 is 0 Å². The molecule has 0 fully saturated rings. The maximum atomic E-state index is 13.2. The molecule has 1 aromatic rings. The number of halogens is 2. The summed E-state index contributed by atoms with van der Waals surface area (Å²) in [5.74, 6) is -4.15. The summed E-state index contributed by atoms with van der Waals surface area (Å²) in [6.45, 7) is 4.69. The number of H-pyrrole nitrogens is 1. The third-order valence-corrected chi connectivity index (χ3v) is 1.72. The molecule has 0 saturated heterocycles. The molecule has 82 valence electrons. The van der Waals surface area contributed by atoms with Crippen LogP contribution < -0.4 is 0 Å². The number of allylic oxidation sites excluding steroid dienone is 1. The molecule has 0 amide bonds. The van der Waals surface area contributed by atoms with Gasteiger partial charge in [-0.3, -0.25) is 5.10 Å². The Morgan fingerprint density at radius 3 is 3.00 bits per heavy atom. The first-order chi connectivity index (χ1) is 7.03. The minimum atomic E-state index is -3.32. The summed E-state index contributed by atoms with van der Waals surface area (Å²) < 4.78 is 31.0. The lowest BCUT2D eigenvalue weighted by Crippen LogP contribution is -2.16. The molecule has 1 rings (SSSR count). The highest BCUT2D eigenvalue weighted by atomic mass is 19.3. The molecule has 0 saturated carbocycles. The fourth-order valence-electron chi connectivity index (χ4n) is 1.01. The fraction of sp³-hybridized carbons (Fsp3) is 0.333. The number of alkyl halides is 2. The van der Waals surface area contributed by atoms with Crippen molar-refractivity contribution in [1.29, 1.82) is 0 Å². The molecule has 0 spiro atoms. The SMILES string of the molecule is C=CC(F)(F)c1[nH]ncc1C(=O)OCC. The van der Waals surface area contributed by atoms with E-state index in [-0.39, 0.29) is 12.2 Å². The highest BCUT2D eigenvalue weighted by Crippen LogP contribution is 2.29. The molecular formula is C9H10F2N2O2. The second-order valence-electron chi connectivity index (χ2n) is 2.71. The first-order valence-corrected chi connectivity index (χ1v) is 4.25. The van der Waals surface area contributed by atoms with Gasteiger partial charge in [-0.25, -0.2) is 4.79 Å². The summed E-state index contributed by atoms with van der Waals surface area (Å²) in [4.78, 5) is 11.2. The van der Waals surface area contributed by atoms with Crippen molar-refractivity contribution in [3.63, 3.8) is 0 Å². The van der Waals surface area contributed by atoms with Gasteiger partial charge >= 0.3 is 11.9 Å². The van der Waals surface area contributed by atoms with Gasteiger partial charge in [-0.05, 0) is 13.0 Å². The number of hydrogen-bond acceptors (Lipinski definition) is 3. The topological polar surface area (TPSA) is 55.0 Å². The Morgan fingerprint density at radius 1 is 1.80 bits per heavy atom. The van der Waals surface area contributed by atoms with E-state index in [4.69, 9.17) is 0 Å². The van der Waals surface area contributed by atoms with Gasteiger partial charge in [-0.15, -0.1) is 0 Å². The molecule has 0 aromatic carbocycles. The number of ether oxygens (including phenoxy) is 1. The minimum Gasteiger partial charge on any atom is -0.462 e. The van der Waals surface area contributed by atoms with Gasteiger partial charge in [0.1, 0.15) is 11.3 Å². The number of aromatic amines is 1. The summed E-state index contributed by atoms with van der Waals surface area (Å²) in [7, 11) is 0. The monoisotopic (exact) mass is 216 g/mol. The Hall–Kier alpha value is -1.72. The van der Waals surface area contributed by atoms with E-state index in [1.54, 1.807) is 6.92 Å². The van der Waals surface area contributed by atoms with Crippen molar-refractivity contribution in [1.82, 2.24) is 10.2 Å². The van der Waals surface area contributed by atoms with Crippen LogP contribution in [0.15, 0.2) is 18.9 Å². The zero-order valence-electron chi connectivity index (χ0n) is 8.09. The third-order valence-electron chi connectivity index (χ3n) is 1.72. The zero-order chi connectivity index (χ0) is 11.5. The molecule has 6 heteroatoms. The van der Waals surface area contributed by atoms with Crippen LogP contribution >= 0.6 is 0 Å². The third kappa shape index (κ3) is 2.20. The summed E-state index contributed by atoms with van der Waals surface area (Å²) in [6, 6.07) is 0. The van der Waals surface area contributed by atoms with Gasteiger partial charge in [0.2, 0.25) is 0 Å². The molecular weight excluding hydrogens is 206 g/mol. The van der Waals surface area contributed by atoms with E-state index in [9.17, 15) is 13.6 Å². The average Bonchev–Trinajstić information content (AvgIpc) is 2.67. The molecule has 0 unspecified atom stereocenters. The quantitative estimate of drug-likeness (QED) is 0.617. The minimum absolute atomic E-state index is 0.114. The Labute approximate surface area is 84.9 Å². The van der Waals surface area contributed by atoms with Gasteiger partial charge in [0.05, 0.1) is 12.8 Å². The number of rotatable bonds is 4. The van der Waals surface area contributed by atoms with Crippen molar-refractivity contribution in [3.8, 4) is 0 Å². The molecule has 0 aliphatic carbocycles. The van der Waals surface area contributed by atoms with Crippen LogP contribution in [0.25, 0.3) is 0 Å². The van der Waals surface area contributed by atoms with E-state index in [0.717, 1.165) is 6.20 Å². The molecule has 1 aromatic heterocycles. The molecule has 0 atom stereocenters. The van der Waals surface area contributed by atoms with Gasteiger partial charge in [0.25, 0.3) is 0 Å². The second-order valence-corrected chi connectivity index (χ2v) is 2.71. The molecule has 1 heterocycles. The number of esters is 1. The first kappa shape index (κ1) is 11.4. The maximum absolute atomic E-state index is 13.2. The van der Waals surface area contributed by atoms with Crippen LogP contribution in [-0.4, -0.2) is 22.8 Å². The van der Waals surface area contributed by atoms with Gasteiger partial charge in [0.15, 0.2) is 0 Å². The maximum Gasteiger partial charge on any atom is 0.341 e. The molecule has 0 radical (unpaired) electrons. The van der Waals surface area contributed by atoms with Crippen molar-refractivity contribution >= 4 is 5.97 Å². The van der Waals surface area contributed by atoms with Gasteiger partial charge < -0.3 is 4.74 Å². The smallest absolute Gasteiger partial charge is 0.341 e. The lowest BCUT2D eigenvalue weighted by Gasteiger charge is -2.10. The van der Waals surface area contributed by atoms with E-state index in [1.165, 1.54) is 0 Å². The van der Waals surface area contributed by atoms with Gasteiger partial charge in [-0.1, -0.05) is 6.58 Å². The molecule has 1 N–H and O–H groups in total. The van der Waals surface area contributed by atoms with Crippen molar-refractivity contribution in [2.75, 3.05) is 6.61 Å². The molecule has 4 nitrogen and oxygen atoms in total. The highest BCUT2D eigenvalue weighted by Gasteiger charge is 2.34. The van der Waals surface area contributed by atoms with Crippen LogP contribution in [0.1, 0.15) is 23.0 Å². The number of nitrogens with one attached hydrogen (secondary N) is 1. The molecule has 0 aliphatic heterocycles. The number of aromatic nitrogens is 2. The van der Waals surface area contributed by atoms with Crippen LogP contribution in [0.4, 0.5) is 8.78 Å². The van der Waals surface area contributed by atoms with Crippen LogP contribution in [0.3, 0.4) is 0 Å². The van der Waals surface area contributed by atoms with E-state index in [2.05, 4.69) is 21.5 Å². The first-order valence-electron chi connectivity index (χ1n) is 4.25. The lowest BCUT2D eigenvalue weighted by molar-refractivity contribution is 0.0389. The van der Waals surface area contributed by atoms with Crippen LogP contribution in [-0.2, 0) is 10.7 Å². The van der Waals surface area contributed by atoms with Crippen molar-refractivity contribution < 1.29 is 18.3 Å². The number of hydrogen-bond donors (Lipinski definition) is 1. The van der Waals surface area contributed by atoms with Crippen LogP contribution in [0.2, 0.25) is 0 Å². The summed E-state index contributed by atoms with van der Waals surface area (Å²) in [6.07, 6.45) is 1.44. The lowest BCUT2D eigenvalue weighted by atomic mass is 10.1. The second kappa shape index (κ2) is 4.20. The molecule has 15 heavy (non-hydrogen) atoms. The Bertz CT molecular complexity index is 374. The van der Waals surface area contributed by atoms with E-state index in [0.29, 0.717) is 6.08 Å². The van der Waals surface area contributed by atoms with E-state index in [1.807, 2.05) is 0 Å². The van der Waals surface area contributed by atoms with Gasteiger partial charge in [0, 0.05) is 0 Å². The predicted octanol–water partition coefficient (Wildman–Crippen LogP) is 1.86. The average molecular weight is 216 g/mol. The standard InChI is InChI=1S/C9H10F2N2O2/c1-3-9(10,11)7-6(5-12-13-7)8(14)15-4-2/h3,5H,1,4H2,2H3,(H,12,13). The Morgan fingerprint density at radius 2 is 2.47 bits per heavy atom. The zero-order valence-corrected chi connectivity index (χ0v) is 8.09. The van der Waals surface area contributed by atoms with Crippen LogP contribution in [0.5, 0.6) is 0 Å². The highest BCUT2D eigenvalue weighted by molar-refractivity contribution is 5.90.